The molecule has 0 nitrogen and oxygen atoms in total. The fraction of sp³-hybridized carbons (Fsp3) is 1.00. The van der Waals surface area contributed by atoms with Crippen molar-refractivity contribution in [1.82, 2.24) is 0 Å². The van der Waals surface area contributed by atoms with Crippen LogP contribution in [0.1, 0.15) is 178 Å². The number of hydrogen-bond acceptors (Lipinski definition) is 0. The molecule has 0 amide bonds. The summed E-state index contributed by atoms with van der Waals surface area (Å²) in [4.78, 5) is 0. The van der Waals surface area contributed by atoms with Gasteiger partial charge in [0.2, 0.25) is 0 Å². The maximum Gasteiger partial charge on any atom is -0.0323 e. The Morgan fingerprint density at radius 3 is 0.730 bits per heavy atom. The lowest BCUT2D eigenvalue weighted by Crippen LogP contribution is -2.19. The molecule has 0 spiro atoms. The fourth-order valence-electron chi connectivity index (χ4n) is 7.42. The van der Waals surface area contributed by atoms with E-state index in [4.69, 9.17) is 0 Å². The summed E-state index contributed by atoms with van der Waals surface area (Å²) in [5, 5.41) is 0. The molecule has 6 atom stereocenters. The molecule has 1 heteroatoms. The SMILES string of the molecule is CCCCC(CC)C(CC)CCP(CCC(CC)C(CC)CCCC)CCC(CC)C(CC)CCCC. The summed E-state index contributed by atoms with van der Waals surface area (Å²) in [6.07, 6.45) is 30.5. The zero-order valence-corrected chi connectivity index (χ0v) is 28.7. The van der Waals surface area contributed by atoms with Gasteiger partial charge >= 0.3 is 0 Å². The maximum atomic E-state index is 2.49. The van der Waals surface area contributed by atoms with Crippen LogP contribution in [-0.4, -0.2) is 18.5 Å². The van der Waals surface area contributed by atoms with Crippen LogP contribution in [0.3, 0.4) is 0 Å². The number of unbranched alkanes of at least 4 members (excludes halogenated alkanes) is 3. The van der Waals surface area contributed by atoms with E-state index in [2.05, 4.69) is 62.3 Å². The second-order valence-electron chi connectivity index (χ2n) is 12.6. The minimum absolute atomic E-state index is 0.197. The third-order valence-corrected chi connectivity index (χ3v) is 13.1. The second kappa shape index (κ2) is 25.4. The van der Waals surface area contributed by atoms with E-state index < -0.39 is 0 Å². The average molecular weight is 539 g/mol. The first-order valence-electron chi connectivity index (χ1n) is 17.7. The van der Waals surface area contributed by atoms with E-state index in [9.17, 15) is 0 Å². The molecule has 0 aromatic rings. The summed E-state index contributed by atoms with van der Waals surface area (Å²) >= 11 is 0. The molecule has 0 aliphatic carbocycles. The topological polar surface area (TPSA) is 0 Å². The molecule has 0 aromatic carbocycles. The van der Waals surface area contributed by atoms with Gasteiger partial charge in [0, 0.05) is 0 Å². The van der Waals surface area contributed by atoms with E-state index in [1.807, 2.05) is 0 Å². The van der Waals surface area contributed by atoms with Gasteiger partial charge in [-0.1, -0.05) is 159 Å². The van der Waals surface area contributed by atoms with Crippen LogP contribution < -0.4 is 0 Å². The highest BCUT2D eigenvalue weighted by molar-refractivity contribution is 7.57. The van der Waals surface area contributed by atoms with E-state index >= 15 is 0 Å². The van der Waals surface area contributed by atoms with Crippen molar-refractivity contribution in [3.8, 4) is 0 Å². The van der Waals surface area contributed by atoms with Crippen molar-refractivity contribution in [2.75, 3.05) is 18.5 Å². The van der Waals surface area contributed by atoms with Crippen LogP contribution in [0.25, 0.3) is 0 Å². The Morgan fingerprint density at radius 2 is 0.541 bits per heavy atom. The molecule has 0 saturated carbocycles. The van der Waals surface area contributed by atoms with Gasteiger partial charge < -0.3 is 0 Å². The van der Waals surface area contributed by atoms with Gasteiger partial charge in [-0.3, -0.25) is 0 Å². The molecule has 0 aromatic heterocycles. The lowest BCUT2D eigenvalue weighted by Gasteiger charge is -2.31. The van der Waals surface area contributed by atoms with E-state index in [1.54, 1.807) is 18.5 Å². The Kier molecular flexibility index (Phi) is 25.7. The quantitative estimate of drug-likeness (QED) is 0.0912. The van der Waals surface area contributed by atoms with Gasteiger partial charge in [-0.15, -0.1) is 7.92 Å². The van der Waals surface area contributed by atoms with E-state index in [0.29, 0.717) is 0 Å². The molecule has 0 rings (SSSR count). The van der Waals surface area contributed by atoms with Crippen LogP contribution in [0, 0.1) is 35.5 Å². The second-order valence-corrected chi connectivity index (χ2v) is 15.3. The molecule has 0 aliphatic rings. The molecule has 0 saturated heterocycles. The van der Waals surface area contributed by atoms with E-state index in [1.165, 1.54) is 116 Å². The zero-order valence-electron chi connectivity index (χ0n) is 27.8. The molecule has 224 valence electrons. The molecule has 6 unspecified atom stereocenters. The van der Waals surface area contributed by atoms with Gasteiger partial charge in [0.25, 0.3) is 0 Å². The molecule has 0 fully saturated rings. The molecule has 0 N–H and O–H groups in total. The first-order valence-corrected chi connectivity index (χ1v) is 19.6. The van der Waals surface area contributed by atoms with E-state index in [-0.39, 0.29) is 7.92 Å². The summed E-state index contributed by atoms with van der Waals surface area (Å²) in [6.45, 7) is 22.0. The van der Waals surface area contributed by atoms with Gasteiger partial charge in [-0.25, -0.2) is 0 Å². The van der Waals surface area contributed by atoms with Crippen LogP contribution in [-0.2, 0) is 0 Å². The number of hydrogen-bond donors (Lipinski definition) is 0. The fourth-order valence-corrected chi connectivity index (χ4v) is 10.2. The normalized spacial score (nSPS) is 17.8. The Balaban J connectivity index is 5.37. The minimum Gasteiger partial charge on any atom is -0.107 e. The summed E-state index contributed by atoms with van der Waals surface area (Å²) in [7, 11) is 0.197. The summed E-state index contributed by atoms with van der Waals surface area (Å²) in [5.41, 5.74) is 0. The van der Waals surface area contributed by atoms with Gasteiger partial charge in [0.15, 0.2) is 0 Å². The highest BCUT2D eigenvalue weighted by Crippen LogP contribution is 2.45. The van der Waals surface area contributed by atoms with Crippen LogP contribution in [0.4, 0.5) is 0 Å². The molecule has 0 heterocycles. The average Bonchev–Trinajstić information content (AvgIpc) is 2.93. The zero-order chi connectivity index (χ0) is 27.9. The Morgan fingerprint density at radius 1 is 0.324 bits per heavy atom. The van der Waals surface area contributed by atoms with Crippen LogP contribution in [0.15, 0.2) is 0 Å². The van der Waals surface area contributed by atoms with E-state index in [0.717, 1.165) is 35.5 Å². The summed E-state index contributed by atoms with van der Waals surface area (Å²) < 4.78 is 0. The monoisotopic (exact) mass is 539 g/mol. The lowest BCUT2D eigenvalue weighted by atomic mass is 9.82. The largest absolute Gasteiger partial charge is 0.107 e. The van der Waals surface area contributed by atoms with Crippen molar-refractivity contribution >= 4 is 7.92 Å². The molecular weight excluding hydrogens is 463 g/mol. The smallest absolute Gasteiger partial charge is 0.0323 e. The van der Waals surface area contributed by atoms with Crippen LogP contribution in [0.5, 0.6) is 0 Å². The standard InChI is InChI=1S/C36H75P/c1-10-19-22-31(13-4)34(16-7)25-28-37(29-26-35(17-8)32(14-5)23-20-11-2)30-27-36(18-9)33(15-6)24-21-12-3/h31-36H,10-30H2,1-9H3. The summed E-state index contributed by atoms with van der Waals surface area (Å²) in [6, 6.07) is 0. The van der Waals surface area contributed by atoms with Crippen molar-refractivity contribution < 1.29 is 0 Å². The van der Waals surface area contributed by atoms with Crippen LogP contribution >= 0.6 is 7.92 Å². The van der Waals surface area contributed by atoms with Crippen LogP contribution in [0.2, 0.25) is 0 Å². The predicted molar refractivity (Wildman–Crippen MR) is 177 cm³/mol. The highest BCUT2D eigenvalue weighted by Gasteiger charge is 2.24. The first kappa shape index (κ1) is 37.4. The van der Waals surface area contributed by atoms with Crippen molar-refractivity contribution in [1.29, 1.82) is 0 Å². The predicted octanol–water partition coefficient (Wildman–Crippen LogP) is 13.4. The van der Waals surface area contributed by atoms with Gasteiger partial charge in [-0.2, -0.15) is 0 Å². The van der Waals surface area contributed by atoms with Crippen molar-refractivity contribution in [2.24, 2.45) is 35.5 Å². The minimum atomic E-state index is 0.197. The molecule has 0 radical (unpaired) electrons. The first-order chi connectivity index (χ1) is 18.0. The number of rotatable bonds is 27. The molecule has 37 heavy (non-hydrogen) atoms. The van der Waals surface area contributed by atoms with Gasteiger partial charge in [-0.05, 0) is 73.3 Å². The van der Waals surface area contributed by atoms with Crippen molar-refractivity contribution in [2.45, 2.75) is 178 Å². The summed E-state index contributed by atoms with van der Waals surface area (Å²) in [5.74, 6) is 5.87. The Hall–Kier alpha value is 0.430. The maximum absolute atomic E-state index is 2.49. The Bertz CT molecular complexity index is 393. The molecular formula is C36H75P. The van der Waals surface area contributed by atoms with Crippen molar-refractivity contribution in [3.63, 3.8) is 0 Å². The molecule has 0 bridgehead atoms. The van der Waals surface area contributed by atoms with Crippen molar-refractivity contribution in [3.05, 3.63) is 0 Å². The van der Waals surface area contributed by atoms with Gasteiger partial charge in [0.1, 0.15) is 0 Å². The molecule has 0 aliphatic heterocycles. The third kappa shape index (κ3) is 16.3. The van der Waals surface area contributed by atoms with Gasteiger partial charge in [0.05, 0.1) is 0 Å². The lowest BCUT2D eigenvalue weighted by molar-refractivity contribution is 0.276. The third-order valence-electron chi connectivity index (χ3n) is 10.4. The highest BCUT2D eigenvalue weighted by atomic mass is 31.1. The Labute approximate surface area is 239 Å².